The van der Waals surface area contributed by atoms with Crippen LogP contribution >= 0.6 is 0 Å². The number of carbonyl (C=O) groups excluding carboxylic acids is 2. The molecule has 2 aliphatic heterocycles. The Morgan fingerprint density at radius 1 is 1.12 bits per heavy atom. The predicted octanol–water partition coefficient (Wildman–Crippen LogP) is 3.01. The van der Waals surface area contributed by atoms with E-state index in [-0.39, 0.29) is 35.5 Å². The first-order valence-electron chi connectivity index (χ1n) is 10.4. The summed E-state index contributed by atoms with van der Waals surface area (Å²) in [6, 6.07) is 10.3. The summed E-state index contributed by atoms with van der Waals surface area (Å²) < 4.78 is 16.1. The van der Waals surface area contributed by atoms with E-state index in [1.165, 1.54) is 25.2 Å². The number of rotatable bonds is 6. The highest BCUT2D eigenvalue weighted by Crippen LogP contribution is 2.42. The fraction of sp³-hybridized carbons (Fsp3) is 0.333. The highest BCUT2D eigenvalue weighted by atomic mass is 16.5. The minimum Gasteiger partial charge on any atom is -0.507 e. The molecule has 2 saturated heterocycles. The first kappa shape index (κ1) is 21.7. The van der Waals surface area contributed by atoms with Gasteiger partial charge >= 0.3 is 0 Å². The van der Waals surface area contributed by atoms with Gasteiger partial charge in [0.25, 0.3) is 11.7 Å². The Morgan fingerprint density at radius 3 is 2.50 bits per heavy atom. The number of amides is 1. The minimum atomic E-state index is -0.851. The van der Waals surface area contributed by atoms with Gasteiger partial charge < -0.3 is 29.3 Å². The van der Waals surface area contributed by atoms with E-state index in [0.29, 0.717) is 23.5 Å². The van der Waals surface area contributed by atoms with Crippen molar-refractivity contribution in [2.24, 2.45) is 0 Å². The van der Waals surface area contributed by atoms with E-state index >= 15 is 0 Å². The molecule has 8 nitrogen and oxygen atoms in total. The Kier molecular flexibility index (Phi) is 6.05. The van der Waals surface area contributed by atoms with Crippen LogP contribution in [0.4, 0.5) is 0 Å². The van der Waals surface area contributed by atoms with Gasteiger partial charge in [0, 0.05) is 18.7 Å². The lowest BCUT2D eigenvalue weighted by atomic mass is 9.94. The maximum Gasteiger partial charge on any atom is 0.295 e. The predicted molar refractivity (Wildman–Crippen MR) is 116 cm³/mol. The third kappa shape index (κ3) is 3.89. The number of aliphatic hydroxyl groups excluding tert-OH is 1. The smallest absolute Gasteiger partial charge is 0.295 e. The molecule has 1 amide bonds. The van der Waals surface area contributed by atoms with Crippen molar-refractivity contribution in [2.45, 2.75) is 25.0 Å². The molecule has 2 fully saturated rings. The van der Waals surface area contributed by atoms with Gasteiger partial charge in [-0.25, -0.2) is 0 Å². The number of Topliss-reactive ketones (excluding diaryl/α,β-unsaturated/α-hetero) is 1. The van der Waals surface area contributed by atoms with Gasteiger partial charge in [0.2, 0.25) is 0 Å². The molecule has 4 rings (SSSR count). The van der Waals surface area contributed by atoms with Crippen LogP contribution in [0, 0.1) is 0 Å². The van der Waals surface area contributed by atoms with E-state index in [0.717, 1.165) is 12.8 Å². The normalized spacial score (nSPS) is 22.4. The van der Waals surface area contributed by atoms with Gasteiger partial charge in [-0.1, -0.05) is 6.07 Å². The summed E-state index contributed by atoms with van der Waals surface area (Å²) in [5.41, 5.74) is 0.898. The molecular weight excluding hydrogens is 414 g/mol. The first-order valence-corrected chi connectivity index (χ1v) is 10.4. The van der Waals surface area contributed by atoms with Gasteiger partial charge in [0.05, 0.1) is 31.9 Å². The monoisotopic (exact) mass is 439 g/mol. The van der Waals surface area contributed by atoms with Gasteiger partial charge in [0.1, 0.15) is 11.5 Å². The summed E-state index contributed by atoms with van der Waals surface area (Å²) in [4.78, 5) is 27.5. The molecule has 0 aromatic heterocycles. The molecule has 168 valence electrons. The van der Waals surface area contributed by atoms with Gasteiger partial charge in [0.15, 0.2) is 11.5 Å². The number of hydrogen-bond donors (Lipinski definition) is 2. The Morgan fingerprint density at radius 2 is 1.88 bits per heavy atom. The Labute approximate surface area is 185 Å². The third-order valence-electron chi connectivity index (χ3n) is 5.85. The molecule has 32 heavy (non-hydrogen) atoms. The van der Waals surface area contributed by atoms with Crippen molar-refractivity contribution >= 4 is 17.4 Å². The molecule has 8 heteroatoms. The van der Waals surface area contributed by atoms with Crippen LogP contribution in [0.2, 0.25) is 0 Å². The summed E-state index contributed by atoms with van der Waals surface area (Å²) >= 11 is 0. The van der Waals surface area contributed by atoms with Crippen LogP contribution in [0.3, 0.4) is 0 Å². The van der Waals surface area contributed by atoms with Gasteiger partial charge in [-0.05, 0) is 54.8 Å². The van der Waals surface area contributed by atoms with Crippen molar-refractivity contribution in [3.8, 4) is 17.2 Å². The van der Waals surface area contributed by atoms with Crippen molar-refractivity contribution in [3.63, 3.8) is 0 Å². The van der Waals surface area contributed by atoms with Crippen molar-refractivity contribution in [1.82, 2.24) is 4.90 Å². The SMILES string of the molecule is COc1ccc(C(O)=C2C(=O)C(=O)N(C[C@H]3CCCO3)[C@H]2c2ccc(O)c(OC)c2)cc1. The number of aromatic hydroxyl groups is 1. The van der Waals surface area contributed by atoms with E-state index < -0.39 is 17.7 Å². The second kappa shape index (κ2) is 8.92. The summed E-state index contributed by atoms with van der Waals surface area (Å²) in [7, 11) is 2.95. The van der Waals surface area contributed by atoms with Gasteiger partial charge in [-0.2, -0.15) is 0 Å². The van der Waals surface area contributed by atoms with Gasteiger partial charge in [-0.15, -0.1) is 0 Å². The van der Waals surface area contributed by atoms with Crippen LogP contribution in [0.1, 0.15) is 30.0 Å². The van der Waals surface area contributed by atoms with Crippen molar-refractivity contribution in [1.29, 1.82) is 0 Å². The molecule has 2 aromatic carbocycles. The molecule has 0 bridgehead atoms. The number of ketones is 1. The number of nitrogens with zero attached hydrogens (tertiary/aromatic N) is 1. The number of methoxy groups -OCH3 is 2. The van der Waals surface area contributed by atoms with Crippen molar-refractivity contribution < 1.29 is 34.0 Å². The minimum absolute atomic E-state index is 0.0223. The largest absolute Gasteiger partial charge is 0.507 e. The van der Waals surface area contributed by atoms with Gasteiger partial charge in [-0.3, -0.25) is 9.59 Å². The molecule has 0 saturated carbocycles. The summed E-state index contributed by atoms with van der Waals surface area (Å²) in [6.45, 7) is 0.829. The van der Waals surface area contributed by atoms with Crippen LogP contribution in [-0.4, -0.2) is 60.3 Å². The second-order valence-electron chi connectivity index (χ2n) is 7.75. The molecule has 0 aliphatic carbocycles. The topological polar surface area (TPSA) is 106 Å². The number of likely N-dealkylation sites (tertiary alicyclic amines) is 1. The molecule has 0 radical (unpaired) electrons. The number of hydrogen-bond acceptors (Lipinski definition) is 7. The van der Waals surface area contributed by atoms with Crippen LogP contribution in [0.15, 0.2) is 48.0 Å². The van der Waals surface area contributed by atoms with E-state index in [2.05, 4.69) is 0 Å². The van der Waals surface area contributed by atoms with Crippen LogP contribution < -0.4 is 9.47 Å². The van der Waals surface area contributed by atoms with Crippen LogP contribution in [-0.2, 0) is 14.3 Å². The highest BCUT2D eigenvalue weighted by Gasteiger charge is 2.47. The summed E-state index contributed by atoms with van der Waals surface area (Å²) in [6.07, 6.45) is 1.49. The Hall–Kier alpha value is -3.52. The van der Waals surface area contributed by atoms with E-state index in [4.69, 9.17) is 14.2 Å². The molecule has 2 aromatic rings. The summed E-state index contributed by atoms with van der Waals surface area (Å²) in [5.74, 6) is -1.02. The maximum atomic E-state index is 13.1. The van der Waals surface area contributed by atoms with E-state index in [9.17, 15) is 19.8 Å². The first-order chi connectivity index (χ1) is 15.4. The lowest BCUT2D eigenvalue weighted by Crippen LogP contribution is -2.36. The molecule has 0 unspecified atom stereocenters. The fourth-order valence-corrected chi connectivity index (χ4v) is 4.19. The highest BCUT2D eigenvalue weighted by molar-refractivity contribution is 6.46. The second-order valence-corrected chi connectivity index (χ2v) is 7.75. The maximum absolute atomic E-state index is 13.1. The average Bonchev–Trinajstić information content (AvgIpc) is 3.41. The third-order valence-corrected chi connectivity index (χ3v) is 5.85. The molecule has 0 spiro atoms. The molecule has 2 heterocycles. The zero-order chi connectivity index (χ0) is 22.8. The van der Waals surface area contributed by atoms with E-state index in [1.807, 2.05) is 0 Å². The summed E-state index contributed by atoms with van der Waals surface area (Å²) in [5, 5.41) is 21.1. The zero-order valence-electron chi connectivity index (χ0n) is 17.9. The number of carbonyl (C=O) groups is 2. The zero-order valence-corrected chi connectivity index (χ0v) is 17.9. The molecule has 2 N–H and O–H groups in total. The van der Waals surface area contributed by atoms with Crippen LogP contribution in [0.5, 0.6) is 17.2 Å². The van der Waals surface area contributed by atoms with E-state index in [1.54, 1.807) is 36.4 Å². The molecule has 2 atom stereocenters. The molecular formula is C24H25NO7. The fourth-order valence-electron chi connectivity index (χ4n) is 4.19. The number of ether oxygens (including phenoxy) is 3. The Bertz CT molecular complexity index is 1050. The quantitative estimate of drug-likeness (QED) is 0.405. The van der Waals surface area contributed by atoms with Crippen molar-refractivity contribution in [2.75, 3.05) is 27.4 Å². The standard InChI is InChI=1S/C24H25NO7/c1-30-16-8-5-14(6-9-16)22(27)20-21(15-7-10-18(26)19(12-15)31-2)25(24(29)23(20)28)13-17-4-3-11-32-17/h5-10,12,17,21,26-27H,3-4,11,13H2,1-2H3/t17-,21+/m1/s1. The number of aliphatic hydroxyl groups is 1. The Balaban J connectivity index is 1.83. The molecule has 2 aliphatic rings. The van der Waals surface area contributed by atoms with Crippen molar-refractivity contribution in [3.05, 3.63) is 59.2 Å². The lowest BCUT2D eigenvalue weighted by molar-refractivity contribution is -0.140. The number of phenolic OH excluding ortho intramolecular Hbond substituents is 1. The average molecular weight is 439 g/mol. The number of phenols is 1. The van der Waals surface area contributed by atoms with Crippen LogP contribution in [0.25, 0.3) is 5.76 Å². The number of benzene rings is 2. The lowest BCUT2D eigenvalue weighted by Gasteiger charge is -2.27.